The Bertz CT molecular complexity index is 1470. The summed E-state index contributed by atoms with van der Waals surface area (Å²) < 4.78 is 0. The lowest BCUT2D eigenvalue weighted by molar-refractivity contribution is -0.138. The lowest BCUT2D eigenvalue weighted by Gasteiger charge is -2.30. The fourth-order valence-electron chi connectivity index (χ4n) is 4.93. The van der Waals surface area contributed by atoms with Crippen molar-refractivity contribution in [3.05, 3.63) is 65.6 Å². The Kier molecular flexibility index (Phi) is 10.7. The van der Waals surface area contributed by atoms with Gasteiger partial charge in [-0.1, -0.05) is 61.9 Å². The maximum atomic E-state index is 14.1. The lowest BCUT2D eigenvalue weighted by Crippen LogP contribution is -2.58. The van der Waals surface area contributed by atoms with E-state index in [1.807, 2.05) is 25.1 Å². The number of carboxylic acid groups (broad SMARTS) is 1. The molecule has 1 aromatic carbocycles. The van der Waals surface area contributed by atoms with Crippen LogP contribution in [0.3, 0.4) is 0 Å². The maximum absolute atomic E-state index is 14.1. The molecule has 0 bridgehead atoms. The van der Waals surface area contributed by atoms with Gasteiger partial charge >= 0.3 is 5.97 Å². The topological polar surface area (TPSA) is 212 Å². The number of amides is 4. The van der Waals surface area contributed by atoms with Gasteiger partial charge in [-0.3, -0.25) is 28.9 Å². The van der Waals surface area contributed by atoms with Crippen LogP contribution >= 0.6 is 0 Å². The summed E-state index contributed by atoms with van der Waals surface area (Å²) in [6.45, 7) is 3.62. The molecule has 0 radical (unpaired) electrons. The van der Waals surface area contributed by atoms with Crippen molar-refractivity contribution >= 4 is 35.4 Å². The first-order valence-electron chi connectivity index (χ1n) is 14.3. The summed E-state index contributed by atoms with van der Waals surface area (Å²) in [7, 11) is 0. The largest absolute Gasteiger partial charge is 0.481 e. The Hall–Kier alpha value is -5.21. The Morgan fingerprint density at radius 3 is 2.55 bits per heavy atom. The number of carbonyl (C=O) groups excluding carboxylic acids is 4. The van der Waals surface area contributed by atoms with Gasteiger partial charge in [0.05, 0.1) is 13.0 Å². The number of nitrogens with one attached hydrogen (secondary N) is 4. The van der Waals surface area contributed by atoms with E-state index in [4.69, 9.17) is 0 Å². The molecule has 3 aromatic rings. The SMILES string of the molecule is CC[C@H](C)[C@H](NC(=O)Cc1ccccc1)C(=O)NC(CCC(=O)O)C(=O)N1c2ncccc2C[C@H]1C(=O)NCc1nn[nH]n1. The number of aromatic nitrogens is 5. The number of hydrogen-bond acceptors (Lipinski definition) is 9. The molecule has 0 saturated heterocycles. The third kappa shape index (κ3) is 7.99. The molecule has 44 heavy (non-hydrogen) atoms. The van der Waals surface area contributed by atoms with Crippen LogP contribution in [0.25, 0.3) is 0 Å². The van der Waals surface area contributed by atoms with E-state index in [0.717, 1.165) is 5.56 Å². The number of anilines is 1. The number of carbonyl (C=O) groups is 5. The summed E-state index contributed by atoms with van der Waals surface area (Å²) in [6.07, 6.45) is 1.55. The monoisotopic (exact) mass is 605 g/mol. The molecule has 4 atom stereocenters. The number of carboxylic acids is 1. The summed E-state index contributed by atoms with van der Waals surface area (Å²) in [5.41, 5.74) is 1.40. The number of nitrogens with zero attached hydrogens (tertiary/aromatic N) is 5. The van der Waals surface area contributed by atoms with Crippen LogP contribution in [0, 0.1) is 5.92 Å². The van der Waals surface area contributed by atoms with Crippen molar-refractivity contribution in [2.24, 2.45) is 5.92 Å². The summed E-state index contributed by atoms with van der Waals surface area (Å²) in [5.74, 6) is -3.22. The summed E-state index contributed by atoms with van der Waals surface area (Å²) in [6, 6.07) is 9.13. The molecule has 4 amide bonds. The van der Waals surface area contributed by atoms with Crippen molar-refractivity contribution in [1.82, 2.24) is 41.6 Å². The van der Waals surface area contributed by atoms with E-state index >= 15 is 0 Å². The van der Waals surface area contributed by atoms with Crippen molar-refractivity contribution < 1.29 is 29.1 Å². The van der Waals surface area contributed by atoms with Crippen LogP contribution in [-0.2, 0) is 43.4 Å². The van der Waals surface area contributed by atoms with Crippen LogP contribution in [0.1, 0.15) is 50.1 Å². The molecular weight excluding hydrogens is 570 g/mol. The normalized spacial score (nSPS) is 15.9. The van der Waals surface area contributed by atoms with Crippen LogP contribution in [0.5, 0.6) is 0 Å². The third-order valence-electron chi connectivity index (χ3n) is 7.45. The van der Waals surface area contributed by atoms with Gasteiger partial charge in [-0.2, -0.15) is 5.21 Å². The Morgan fingerprint density at radius 1 is 1.09 bits per heavy atom. The highest BCUT2D eigenvalue weighted by Crippen LogP contribution is 2.31. The Balaban J connectivity index is 1.55. The van der Waals surface area contributed by atoms with Crippen LogP contribution < -0.4 is 20.9 Å². The minimum Gasteiger partial charge on any atom is -0.481 e. The van der Waals surface area contributed by atoms with E-state index in [2.05, 4.69) is 41.6 Å². The quantitative estimate of drug-likeness (QED) is 0.169. The van der Waals surface area contributed by atoms with Crippen molar-refractivity contribution in [3.63, 3.8) is 0 Å². The zero-order chi connectivity index (χ0) is 31.6. The first-order valence-corrected chi connectivity index (χ1v) is 14.3. The van der Waals surface area contributed by atoms with Crippen LogP contribution in [0.15, 0.2) is 48.7 Å². The number of hydrogen-bond donors (Lipinski definition) is 5. The smallest absolute Gasteiger partial charge is 0.303 e. The molecule has 4 rings (SSSR count). The van der Waals surface area contributed by atoms with Crippen molar-refractivity contribution in [2.75, 3.05) is 4.90 Å². The molecule has 232 valence electrons. The summed E-state index contributed by atoms with van der Waals surface area (Å²) >= 11 is 0. The molecule has 3 heterocycles. The zero-order valence-corrected chi connectivity index (χ0v) is 24.4. The molecule has 2 aromatic heterocycles. The number of H-pyrrole nitrogens is 1. The van der Waals surface area contributed by atoms with Gasteiger partial charge in [0.15, 0.2) is 5.82 Å². The second-order valence-electron chi connectivity index (χ2n) is 10.5. The average molecular weight is 606 g/mol. The average Bonchev–Trinajstić information content (AvgIpc) is 3.68. The van der Waals surface area contributed by atoms with E-state index in [1.165, 1.54) is 11.1 Å². The number of pyridine rings is 1. The fraction of sp³-hybridized carbons (Fsp3) is 0.414. The van der Waals surface area contributed by atoms with Crippen molar-refractivity contribution in [2.45, 2.75) is 70.6 Å². The Labute approximate surface area is 253 Å². The van der Waals surface area contributed by atoms with Crippen LogP contribution in [-0.4, -0.2) is 78.4 Å². The summed E-state index contributed by atoms with van der Waals surface area (Å²) in [4.78, 5) is 70.9. The highest BCUT2D eigenvalue weighted by molar-refractivity contribution is 6.06. The van der Waals surface area contributed by atoms with Gasteiger partial charge in [0, 0.05) is 19.0 Å². The second-order valence-corrected chi connectivity index (χ2v) is 10.5. The van der Waals surface area contributed by atoms with Crippen molar-refractivity contribution in [3.8, 4) is 0 Å². The first kappa shape index (κ1) is 31.7. The summed E-state index contributed by atoms with van der Waals surface area (Å²) in [5, 5.41) is 30.9. The number of benzene rings is 1. The predicted molar refractivity (Wildman–Crippen MR) is 156 cm³/mol. The molecule has 1 aliphatic rings. The predicted octanol–water partition coefficient (Wildman–Crippen LogP) is 0.292. The molecular formula is C29H35N9O6. The standard InChI is InChI=1S/C29H35N9O6/c1-3-17(2)25(33-23(39)14-18-8-5-4-6-9-18)28(43)32-20(11-12-24(40)41)29(44)38-21(15-19-10-7-13-30-26(19)38)27(42)31-16-22-34-36-37-35-22/h4-10,13,17,20-21,25H,3,11-12,14-16H2,1-2H3,(H,31,42)(H,32,43)(H,33,39)(H,40,41)(H,34,35,36,37)/t17-,20?,21-,25-/m0/s1. The molecule has 0 spiro atoms. The molecule has 0 aliphatic carbocycles. The highest BCUT2D eigenvalue weighted by Gasteiger charge is 2.42. The van der Waals surface area contributed by atoms with Gasteiger partial charge < -0.3 is 21.1 Å². The number of tetrazole rings is 1. The van der Waals surface area contributed by atoms with Crippen LogP contribution in [0.2, 0.25) is 0 Å². The molecule has 1 aliphatic heterocycles. The third-order valence-corrected chi connectivity index (χ3v) is 7.45. The van der Waals surface area contributed by atoms with Gasteiger partial charge in [0.25, 0.3) is 5.91 Å². The van der Waals surface area contributed by atoms with Gasteiger partial charge in [-0.05, 0) is 29.5 Å². The fourth-order valence-corrected chi connectivity index (χ4v) is 4.93. The molecule has 0 fully saturated rings. The maximum Gasteiger partial charge on any atom is 0.303 e. The van der Waals surface area contributed by atoms with Gasteiger partial charge in [0.2, 0.25) is 17.7 Å². The molecule has 15 heteroatoms. The van der Waals surface area contributed by atoms with Gasteiger partial charge in [-0.15, -0.1) is 10.2 Å². The van der Waals surface area contributed by atoms with E-state index in [0.29, 0.717) is 12.0 Å². The number of aliphatic carboxylic acids is 1. The molecule has 5 N–H and O–H groups in total. The van der Waals surface area contributed by atoms with E-state index in [9.17, 15) is 29.1 Å². The molecule has 0 saturated carbocycles. The van der Waals surface area contributed by atoms with Crippen molar-refractivity contribution in [1.29, 1.82) is 0 Å². The minimum absolute atomic E-state index is 0.0456. The molecule has 15 nitrogen and oxygen atoms in total. The second kappa shape index (κ2) is 14.8. The van der Waals surface area contributed by atoms with E-state index in [1.54, 1.807) is 31.2 Å². The van der Waals surface area contributed by atoms with E-state index < -0.39 is 48.2 Å². The lowest BCUT2D eigenvalue weighted by atomic mass is 9.97. The zero-order valence-electron chi connectivity index (χ0n) is 24.4. The van der Waals surface area contributed by atoms with Crippen LogP contribution in [0.4, 0.5) is 5.82 Å². The first-order chi connectivity index (χ1) is 21.2. The molecule has 1 unspecified atom stereocenters. The number of aromatic amines is 1. The Morgan fingerprint density at radius 2 is 1.86 bits per heavy atom. The minimum atomic E-state index is -1.32. The van der Waals surface area contributed by atoms with Gasteiger partial charge in [0.1, 0.15) is 23.9 Å². The van der Waals surface area contributed by atoms with E-state index in [-0.39, 0.29) is 49.3 Å². The van der Waals surface area contributed by atoms with Gasteiger partial charge in [-0.25, -0.2) is 4.98 Å². The number of rotatable bonds is 14. The number of fused-ring (bicyclic) bond motifs is 1. The highest BCUT2D eigenvalue weighted by atomic mass is 16.4.